The molecule has 0 saturated carbocycles. The number of aliphatic hydroxyl groups excluding tert-OH is 16. The molecule has 5 aliphatic rings. The van der Waals surface area contributed by atoms with Crippen LogP contribution >= 0.6 is 0 Å². The zero-order valence-electron chi connectivity index (χ0n) is 72.0. The molecule has 38 heteroatoms. The lowest BCUT2D eigenvalue weighted by Crippen LogP contribution is -2.72. The van der Waals surface area contributed by atoms with E-state index in [2.05, 4.69) is 35.1 Å². The molecule has 0 aromatic carbocycles. The fraction of sp³-hybridized carbons (Fsp3) is 0.905. The maximum absolute atomic E-state index is 14.2. The van der Waals surface area contributed by atoms with Gasteiger partial charge in [0.05, 0.1) is 76.1 Å². The largest absolute Gasteiger partial charge is 0.477 e. The van der Waals surface area contributed by atoms with E-state index in [1.807, 2.05) is 0 Å². The molecule has 0 aliphatic carbocycles. The van der Waals surface area contributed by atoms with E-state index in [0.717, 1.165) is 85.0 Å². The zero-order valence-corrected chi connectivity index (χ0v) is 72.0. The summed E-state index contributed by atoms with van der Waals surface area (Å²) in [6, 6.07) is -6.82. The molecule has 29 atom stereocenters. The highest BCUT2D eigenvalue weighted by atomic mass is 16.8. The highest BCUT2D eigenvalue weighted by molar-refractivity contribution is 5.78. The summed E-state index contributed by atoms with van der Waals surface area (Å²) in [6.07, 6.45) is -11.1. The lowest BCUT2D eigenvalue weighted by atomic mass is 9.87. The van der Waals surface area contributed by atoms with Gasteiger partial charge in [-0.3, -0.25) is 19.2 Å². The lowest BCUT2D eigenvalue weighted by molar-refractivity contribution is -0.402. The van der Waals surface area contributed by atoms with E-state index in [0.29, 0.717) is 12.8 Å². The Morgan fingerprint density at radius 2 is 0.852 bits per heavy atom. The molecule has 0 aromatic heterocycles. The number of nitrogens with one attached hydrogen (secondary N) is 4. The fourth-order valence-electron chi connectivity index (χ4n) is 16.5. The molecular weight excluding hydrogens is 1610 g/mol. The monoisotopic (exact) mass is 1760 g/mol. The molecule has 5 heterocycles. The number of carbonyl (C=O) groups excluding carboxylic acids is 4. The van der Waals surface area contributed by atoms with Crippen LogP contribution < -0.4 is 21.3 Å². The van der Waals surface area contributed by atoms with Gasteiger partial charge >= 0.3 is 11.9 Å². The summed E-state index contributed by atoms with van der Waals surface area (Å²) in [5, 5.41) is 213. The Morgan fingerprint density at radius 3 is 1.30 bits per heavy atom. The number of ether oxygens (including phenoxy) is 10. The van der Waals surface area contributed by atoms with Gasteiger partial charge in [0.25, 0.3) is 11.6 Å². The Hall–Kier alpha value is -4.48. The Bertz CT molecular complexity index is 2970. The maximum Gasteiger partial charge on any atom is 0.364 e. The minimum Gasteiger partial charge on any atom is -0.477 e. The first-order chi connectivity index (χ1) is 58.3. The van der Waals surface area contributed by atoms with Crippen molar-refractivity contribution in [3.8, 4) is 0 Å². The first-order valence-electron chi connectivity index (χ1n) is 44.7. The average molecular weight is 1760 g/mol. The second-order valence-corrected chi connectivity index (χ2v) is 33.6. The van der Waals surface area contributed by atoms with Crippen LogP contribution in [0.25, 0.3) is 0 Å². The second-order valence-electron chi connectivity index (χ2n) is 33.6. The molecule has 5 saturated heterocycles. The predicted molar refractivity (Wildman–Crippen MR) is 435 cm³/mol. The molecule has 38 nitrogen and oxygen atoms in total. The molecule has 0 spiro atoms. The third kappa shape index (κ3) is 34.2. The van der Waals surface area contributed by atoms with Crippen LogP contribution in [0.3, 0.4) is 0 Å². The lowest BCUT2D eigenvalue weighted by Gasteiger charge is -2.52. The van der Waals surface area contributed by atoms with Crippen molar-refractivity contribution in [2.45, 2.75) is 442 Å². The van der Waals surface area contributed by atoms with E-state index in [4.69, 9.17) is 47.4 Å². The summed E-state index contributed by atoms with van der Waals surface area (Å²) in [7, 11) is 0. The van der Waals surface area contributed by atoms with Gasteiger partial charge in [-0.05, 0) is 19.3 Å². The number of hydrogen-bond acceptors (Lipinski definition) is 32. The van der Waals surface area contributed by atoms with Crippen molar-refractivity contribution < 1.29 is 168 Å². The van der Waals surface area contributed by atoms with E-state index >= 15 is 0 Å². The Kier molecular flexibility index (Phi) is 50.9. The van der Waals surface area contributed by atoms with Gasteiger partial charge in [0.2, 0.25) is 23.6 Å². The standard InChI is InChI=1S/C84H150N4O34/c1-6-8-10-12-14-16-18-20-21-22-23-24-25-26-27-29-31-33-35-37-39-41-62(101)88-53(54(97)40-38-36-34-32-30-28-19-17-15-13-11-9-7-2)49-113-79-71(107)70(106)73(60(47-92)115-79)117-80-72(108)77(74(61(48-93)116-80)118-78-65(87-52(5)96)69(105)67(103)58(45-90)114-78)122-84(82(111)112)43-56(99)64(86-51(4)95)76(121-84)68(104)59(46-91)119-83(81(109)110)42-55(98)63(85-50(3)94)75(120-83)66(102)57(100)44-89/h38,40,53-61,63-80,89-93,97-100,102-108H,6-37,39,41-49H2,1-5H3,(H,85,94)(H,86,95)(H,87,96)(H,88,101)(H,109,110)(H,111,112)/t53-,54+,55-,56-,57+,58+,59+,60+,61+,63+,64+,65+,66+,67-,68+,69+,70+,71+,72+,73+,74-,75?,76?,77+,78-,79+,80-,83+,84-/m0/s1. The number of carboxylic acid groups (broad SMARTS) is 2. The first kappa shape index (κ1) is 108. The number of aliphatic hydroxyl groups is 16. The van der Waals surface area contributed by atoms with Crippen LogP contribution in [0.4, 0.5) is 0 Å². The topological polar surface area (TPSA) is 607 Å². The average Bonchev–Trinajstić information content (AvgIpc) is 0.741. The van der Waals surface area contributed by atoms with E-state index in [1.165, 1.54) is 141 Å². The normalized spacial score (nSPS) is 32.3. The molecular formula is C84H150N4O34. The number of unbranched alkanes of at least 4 members (excludes halogenated alkanes) is 31. The van der Waals surface area contributed by atoms with Crippen LogP contribution in [-0.4, -0.2) is 344 Å². The number of aliphatic carboxylic acids is 2. The highest BCUT2D eigenvalue weighted by Gasteiger charge is 2.64. The van der Waals surface area contributed by atoms with Crippen molar-refractivity contribution in [1.82, 2.24) is 21.3 Å². The predicted octanol–water partition coefficient (Wildman–Crippen LogP) is 0.648. The second kappa shape index (κ2) is 57.4. The van der Waals surface area contributed by atoms with Crippen LogP contribution in [-0.2, 0) is 76.1 Å². The summed E-state index contributed by atoms with van der Waals surface area (Å²) >= 11 is 0. The van der Waals surface area contributed by atoms with Crippen LogP contribution in [0.5, 0.6) is 0 Å². The third-order valence-corrected chi connectivity index (χ3v) is 23.5. The molecule has 0 radical (unpaired) electrons. The van der Waals surface area contributed by atoms with Crippen molar-refractivity contribution >= 4 is 35.6 Å². The number of hydrogen-bond donors (Lipinski definition) is 22. The van der Waals surface area contributed by atoms with Gasteiger partial charge in [-0.1, -0.05) is 219 Å². The van der Waals surface area contributed by atoms with Crippen molar-refractivity contribution in [3.63, 3.8) is 0 Å². The molecule has 4 amide bonds. The van der Waals surface area contributed by atoms with Crippen molar-refractivity contribution in [2.75, 3.05) is 39.6 Å². The molecule has 0 bridgehead atoms. The number of rotatable bonds is 62. The Morgan fingerprint density at radius 1 is 0.443 bits per heavy atom. The van der Waals surface area contributed by atoms with Gasteiger partial charge in [0, 0.05) is 40.0 Å². The fourth-order valence-corrected chi connectivity index (χ4v) is 16.5. The van der Waals surface area contributed by atoms with Gasteiger partial charge in [-0.25, -0.2) is 9.59 Å². The third-order valence-electron chi connectivity index (χ3n) is 23.5. The molecule has 22 N–H and O–H groups in total. The van der Waals surface area contributed by atoms with Gasteiger partial charge in [0.15, 0.2) is 18.9 Å². The number of carboxylic acids is 2. The summed E-state index contributed by atoms with van der Waals surface area (Å²) < 4.78 is 60.0. The minimum absolute atomic E-state index is 0.113. The minimum atomic E-state index is -3.59. The van der Waals surface area contributed by atoms with Crippen LogP contribution in [0.15, 0.2) is 12.2 Å². The Balaban J connectivity index is 1.39. The molecule has 710 valence electrons. The highest BCUT2D eigenvalue weighted by Crippen LogP contribution is 2.43. The first-order valence-corrected chi connectivity index (χ1v) is 44.7. The van der Waals surface area contributed by atoms with Gasteiger partial charge < -0.3 is 161 Å². The van der Waals surface area contributed by atoms with Crippen LogP contribution in [0, 0.1) is 0 Å². The van der Waals surface area contributed by atoms with Gasteiger partial charge in [0.1, 0.15) is 110 Å². The summed E-state index contributed by atoms with van der Waals surface area (Å²) in [5.74, 6) is -14.6. The smallest absolute Gasteiger partial charge is 0.364 e. The number of amides is 4. The van der Waals surface area contributed by atoms with Crippen LogP contribution in [0.1, 0.15) is 266 Å². The molecule has 5 aliphatic heterocycles. The molecule has 0 aromatic rings. The molecule has 122 heavy (non-hydrogen) atoms. The summed E-state index contributed by atoms with van der Waals surface area (Å²) in [5.41, 5.74) is 0. The van der Waals surface area contributed by atoms with E-state index in [9.17, 15) is 121 Å². The van der Waals surface area contributed by atoms with Crippen LogP contribution in [0.2, 0.25) is 0 Å². The van der Waals surface area contributed by atoms with Gasteiger partial charge in [-0.15, -0.1) is 0 Å². The molecule has 5 rings (SSSR count). The van der Waals surface area contributed by atoms with Crippen molar-refractivity contribution in [3.05, 3.63) is 12.2 Å². The zero-order chi connectivity index (χ0) is 90.1. The van der Waals surface area contributed by atoms with Crippen molar-refractivity contribution in [1.29, 1.82) is 0 Å². The maximum atomic E-state index is 14.2. The summed E-state index contributed by atoms with van der Waals surface area (Å²) in [4.78, 5) is 79.2. The van der Waals surface area contributed by atoms with E-state index in [1.54, 1.807) is 6.08 Å². The van der Waals surface area contributed by atoms with Gasteiger partial charge in [-0.2, -0.15) is 0 Å². The molecule has 5 fully saturated rings. The van der Waals surface area contributed by atoms with Crippen molar-refractivity contribution in [2.24, 2.45) is 0 Å². The number of allylic oxidation sites excluding steroid dienone is 1. The quantitative estimate of drug-likeness (QED) is 0.0294. The Labute approximate surface area is 716 Å². The number of carbonyl (C=O) groups is 6. The van der Waals surface area contributed by atoms with E-state index in [-0.39, 0.29) is 6.42 Å². The van der Waals surface area contributed by atoms with E-state index < -0.39 is 265 Å². The molecule has 2 unspecified atom stereocenters. The summed E-state index contributed by atoms with van der Waals surface area (Å²) in [6.45, 7) is 0.559. The SMILES string of the molecule is CCCCCCCCCCCCCC=C[C@@H](O)[C@H](CO[C@@H]1O[C@H](CO)[C@@H](O[C@@H]2O[C@H](CO)[C@H](O[C@@H]3O[C@H](CO)[C@H](O)[C@H](O)[C@H]3NC(C)=O)[C@H](O[C@]3(C(=O)O)C[C@H](O)[C@@H](NC(C)=O)C([C@H](O)[C@@H](CO)O[C@]4(C(=O)O)C[C@H](O)[C@@H](NC(C)=O)C([C@H](O)[C@H](O)CO)O4)O3)[C@H]2O)[C@H](O)[C@H]1O)NC(=O)CCCCCCCCCCCCCCCCCCCCCCC.